The molecule has 0 bridgehead atoms. The lowest BCUT2D eigenvalue weighted by atomic mass is 9.87. The molecule has 9 heteroatoms. The monoisotopic (exact) mass is 454 g/mol. The van der Waals surface area contributed by atoms with Crippen LogP contribution in [-0.2, 0) is 28.0 Å². The summed E-state index contributed by atoms with van der Waals surface area (Å²) in [5.41, 5.74) is 0.591. The molecule has 2 heterocycles. The van der Waals surface area contributed by atoms with Crippen LogP contribution in [0.2, 0.25) is 0 Å². The molecule has 0 unspecified atom stereocenters. The van der Waals surface area contributed by atoms with Crippen molar-refractivity contribution in [3.63, 3.8) is 0 Å². The van der Waals surface area contributed by atoms with Gasteiger partial charge in [0.25, 0.3) is 5.91 Å². The summed E-state index contributed by atoms with van der Waals surface area (Å²) >= 11 is 1.40. The number of thiophene rings is 1. The Hall–Kier alpha value is -3.25. The summed E-state index contributed by atoms with van der Waals surface area (Å²) in [5, 5.41) is 15.5. The van der Waals surface area contributed by atoms with Crippen molar-refractivity contribution in [1.82, 2.24) is 10.2 Å². The second-order valence-corrected chi connectivity index (χ2v) is 9.12. The van der Waals surface area contributed by atoms with Crippen LogP contribution in [-0.4, -0.2) is 29.3 Å². The lowest BCUT2D eigenvalue weighted by Gasteiger charge is -2.25. The fraction of sp³-hybridized carbons (Fsp3) is 0.391. The van der Waals surface area contributed by atoms with Gasteiger partial charge >= 0.3 is 6.03 Å². The zero-order valence-electron chi connectivity index (χ0n) is 17.7. The van der Waals surface area contributed by atoms with Gasteiger partial charge in [0.05, 0.1) is 5.56 Å². The van der Waals surface area contributed by atoms with Crippen molar-refractivity contribution in [2.24, 2.45) is 0 Å². The lowest BCUT2D eigenvalue weighted by molar-refractivity contribution is -0.134. The zero-order chi connectivity index (χ0) is 22.9. The van der Waals surface area contributed by atoms with Crippen LogP contribution in [0, 0.1) is 17.1 Å². The third-order valence-electron chi connectivity index (χ3n) is 6.13. The summed E-state index contributed by atoms with van der Waals surface area (Å²) in [7, 11) is 0. The molecular formula is C23H23FN4O3S. The van der Waals surface area contributed by atoms with Crippen LogP contribution in [0.1, 0.15) is 54.2 Å². The van der Waals surface area contributed by atoms with E-state index in [1.165, 1.54) is 35.6 Å². The summed E-state index contributed by atoms with van der Waals surface area (Å²) in [6.07, 6.45) is 5.13. The Kier molecular flexibility index (Phi) is 5.98. The van der Waals surface area contributed by atoms with E-state index in [1.54, 1.807) is 6.92 Å². The number of fused-ring (bicyclic) bond motifs is 1. The molecule has 2 aliphatic rings. The molecule has 1 aromatic heterocycles. The van der Waals surface area contributed by atoms with Gasteiger partial charge in [0.2, 0.25) is 5.91 Å². The van der Waals surface area contributed by atoms with E-state index in [-0.39, 0.29) is 6.42 Å². The maximum Gasteiger partial charge on any atom is 0.325 e. The highest BCUT2D eigenvalue weighted by Crippen LogP contribution is 2.37. The van der Waals surface area contributed by atoms with Crippen LogP contribution >= 0.6 is 11.3 Å². The highest BCUT2D eigenvalue weighted by molar-refractivity contribution is 7.16. The molecule has 4 amide bonds. The van der Waals surface area contributed by atoms with Gasteiger partial charge in [0.1, 0.15) is 29.0 Å². The third kappa shape index (κ3) is 3.75. The summed E-state index contributed by atoms with van der Waals surface area (Å²) < 4.78 is 13.3. The zero-order valence-corrected chi connectivity index (χ0v) is 18.5. The molecule has 32 heavy (non-hydrogen) atoms. The molecule has 1 aliphatic carbocycles. The minimum Gasteiger partial charge on any atom is -0.319 e. The van der Waals surface area contributed by atoms with Gasteiger partial charge in [-0.25, -0.2) is 9.18 Å². The van der Waals surface area contributed by atoms with Crippen molar-refractivity contribution in [1.29, 1.82) is 5.26 Å². The predicted octanol–water partition coefficient (Wildman–Crippen LogP) is 3.82. The Labute approximate surface area is 189 Å². The van der Waals surface area contributed by atoms with Crippen molar-refractivity contribution in [2.75, 3.05) is 11.9 Å². The number of anilines is 1. The number of halogens is 1. The molecular weight excluding hydrogens is 431 g/mol. The van der Waals surface area contributed by atoms with E-state index in [2.05, 4.69) is 16.7 Å². The van der Waals surface area contributed by atoms with E-state index in [0.717, 1.165) is 47.4 Å². The smallest absolute Gasteiger partial charge is 0.319 e. The molecule has 2 N–H and O–H groups in total. The summed E-state index contributed by atoms with van der Waals surface area (Å²) in [6.45, 7) is 1.27. The Morgan fingerprint density at radius 1 is 1.25 bits per heavy atom. The first-order chi connectivity index (χ1) is 15.4. The molecule has 166 valence electrons. The average molecular weight is 455 g/mol. The molecule has 0 radical (unpaired) electrons. The Balaban J connectivity index is 1.53. The predicted molar refractivity (Wildman–Crippen MR) is 118 cm³/mol. The van der Waals surface area contributed by atoms with E-state index in [1.807, 2.05) is 0 Å². The number of amides is 4. The molecule has 1 aromatic carbocycles. The highest BCUT2D eigenvalue weighted by atomic mass is 32.1. The first-order valence-electron chi connectivity index (χ1n) is 10.6. The molecule has 2 aromatic rings. The largest absolute Gasteiger partial charge is 0.325 e. The second-order valence-electron chi connectivity index (χ2n) is 8.02. The molecule has 1 aliphatic heterocycles. The Morgan fingerprint density at radius 2 is 1.97 bits per heavy atom. The highest BCUT2D eigenvalue weighted by Gasteiger charge is 2.51. The molecule has 1 atom stereocenters. The number of aryl methyl sites for hydroxylation is 1. The third-order valence-corrected chi connectivity index (χ3v) is 7.34. The quantitative estimate of drug-likeness (QED) is 0.530. The van der Waals surface area contributed by atoms with Crippen LogP contribution in [0.3, 0.4) is 0 Å². The first-order valence-corrected chi connectivity index (χ1v) is 11.5. The van der Waals surface area contributed by atoms with Crippen LogP contribution in [0.15, 0.2) is 24.3 Å². The van der Waals surface area contributed by atoms with Crippen molar-refractivity contribution in [3.05, 3.63) is 51.7 Å². The van der Waals surface area contributed by atoms with E-state index in [9.17, 15) is 24.0 Å². The number of carbonyl (C=O) groups excluding carboxylic acids is 3. The fourth-order valence-electron chi connectivity index (χ4n) is 4.40. The number of hydrogen-bond donors (Lipinski definition) is 2. The number of hydrogen-bond acceptors (Lipinski definition) is 5. The van der Waals surface area contributed by atoms with E-state index in [0.29, 0.717) is 16.1 Å². The number of benzene rings is 1. The molecule has 0 saturated carbocycles. The van der Waals surface area contributed by atoms with Gasteiger partial charge in [-0.15, -0.1) is 11.3 Å². The average Bonchev–Trinajstić information content (AvgIpc) is 3.10. The van der Waals surface area contributed by atoms with Gasteiger partial charge in [-0.1, -0.05) is 25.5 Å². The number of imide groups is 1. The number of urea groups is 1. The first kappa shape index (κ1) is 22.0. The van der Waals surface area contributed by atoms with Crippen LogP contribution in [0.4, 0.5) is 14.2 Å². The van der Waals surface area contributed by atoms with Gasteiger partial charge in [0.15, 0.2) is 0 Å². The second kappa shape index (κ2) is 8.71. The van der Waals surface area contributed by atoms with Gasteiger partial charge < -0.3 is 10.6 Å². The van der Waals surface area contributed by atoms with Gasteiger partial charge in [-0.2, -0.15) is 5.26 Å². The summed E-state index contributed by atoms with van der Waals surface area (Å²) in [4.78, 5) is 40.5. The normalized spacial score (nSPS) is 20.3. The summed E-state index contributed by atoms with van der Waals surface area (Å²) in [5.74, 6) is -1.56. The Bertz CT molecular complexity index is 1120. The van der Waals surface area contributed by atoms with Gasteiger partial charge in [-0.05, 0) is 55.4 Å². The summed E-state index contributed by atoms with van der Waals surface area (Å²) in [6, 6.07) is 6.89. The molecule has 7 nitrogen and oxygen atoms in total. The van der Waals surface area contributed by atoms with Crippen molar-refractivity contribution >= 4 is 34.2 Å². The van der Waals surface area contributed by atoms with E-state index in [4.69, 9.17) is 0 Å². The molecule has 1 fully saturated rings. The molecule has 1 saturated heterocycles. The number of nitrogens with one attached hydrogen (secondary N) is 2. The van der Waals surface area contributed by atoms with Crippen molar-refractivity contribution in [3.8, 4) is 6.07 Å². The maximum atomic E-state index is 13.3. The van der Waals surface area contributed by atoms with Gasteiger partial charge in [0, 0.05) is 4.88 Å². The number of carbonyl (C=O) groups is 3. The fourth-order valence-corrected chi connectivity index (χ4v) is 5.66. The minimum absolute atomic E-state index is 0.248. The maximum absolute atomic E-state index is 13.3. The molecule has 0 spiro atoms. The van der Waals surface area contributed by atoms with Crippen molar-refractivity contribution in [2.45, 2.75) is 51.0 Å². The van der Waals surface area contributed by atoms with E-state index >= 15 is 0 Å². The number of nitriles is 1. The standard InChI is InChI=1S/C23H23FN4O3S/c1-2-23(14-8-10-15(24)11-9-14)21(30)28(22(31)27-23)13-19(29)26-20-17(12-25)16-6-4-3-5-7-18(16)32-20/h8-11H,2-7,13H2,1H3,(H,26,29)(H,27,31)/t23-/m0/s1. The number of rotatable bonds is 5. The topological polar surface area (TPSA) is 102 Å². The van der Waals surface area contributed by atoms with E-state index < -0.39 is 35.7 Å². The number of nitrogens with zero attached hydrogens (tertiary/aromatic N) is 2. The SMILES string of the molecule is CC[C@@]1(c2ccc(F)cc2)NC(=O)N(CC(=O)Nc2sc3c(c2C#N)CCCCC3)C1=O. The van der Waals surface area contributed by atoms with Crippen LogP contribution < -0.4 is 10.6 Å². The van der Waals surface area contributed by atoms with Crippen LogP contribution in [0.25, 0.3) is 0 Å². The Morgan fingerprint density at radius 3 is 2.66 bits per heavy atom. The molecule has 4 rings (SSSR count). The van der Waals surface area contributed by atoms with Gasteiger partial charge in [-0.3, -0.25) is 14.5 Å². The van der Waals surface area contributed by atoms with Crippen molar-refractivity contribution < 1.29 is 18.8 Å². The lowest BCUT2D eigenvalue weighted by Crippen LogP contribution is -2.44. The van der Waals surface area contributed by atoms with Crippen LogP contribution in [0.5, 0.6) is 0 Å². The minimum atomic E-state index is -1.34.